The summed E-state index contributed by atoms with van der Waals surface area (Å²) in [6.45, 7) is 5.52. The molecule has 8 heteroatoms. The molecule has 158 valence electrons. The number of aliphatic carboxylic acids is 1. The second-order valence-electron chi connectivity index (χ2n) is 7.33. The monoisotopic (exact) mass is 410 g/mol. The van der Waals surface area contributed by atoms with Crippen molar-refractivity contribution < 1.29 is 19.4 Å². The van der Waals surface area contributed by atoms with Gasteiger partial charge in [-0.2, -0.15) is 0 Å². The summed E-state index contributed by atoms with van der Waals surface area (Å²) < 4.78 is 7.66. The quantitative estimate of drug-likeness (QED) is 0.545. The number of nitrogens with zero attached hydrogens (tertiary/aromatic N) is 4. The molecule has 1 heterocycles. The fourth-order valence-electron chi connectivity index (χ4n) is 3.07. The maximum absolute atomic E-state index is 12.3. The van der Waals surface area contributed by atoms with Gasteiger partial charge in [-0.1, -0.05) is 5.21 Å². The van der Waals surface area contributed by atoms with Crippen LogP contribution in [0.25, 0.3) is 11.0 Å². The fraction of sp³-hybridized carbons (Fsp3) is 0.364. The number of aromatic nitrogens is 3. The molecular formula is C22H26N4O4. The van der Waals surface area contributed by atoms with Gasteiger partial charge in [0.15, 0.2) is 0 Å². The van der Waals surface area contributed by atoms with Gasteiger partial charge in [-0.3, -0.25) is 9.59 Å². The van der Waals surface area contributed by atoms with Crippen molar-refractivity contribution in [3.8, 4) is 5.75 Å². The SMILES string of the molecule is Cc1cc2nnn(CCCOc3ccc(C(=O)N(C)CCC(=O)O)cc3)c2cc1C. The third-order valence-electron chi connectivity index (χ3n) is 5.02. The Morgan fingerprint density at radius 2 is 1.83 bits per heavy atom. The Morgan fingerprint density at radius 3 is 2.53 bits per heavy atom. The topological polar surface area (TPSA) is 97.5 Å². The molecule has 0 atom stereocenters. The molecule has 0 aliphatic heterocycles. The highest BCUT2D eigenvalue weighted by Gasteiger charge is 2.13. The molecule has 0 aliphatic carbocycles. The van der Waals surface area contributed by atoms with Crippen LogP contribution in [0.15, 0.2) is 36.4 Å². The number of amides is 1. The summed E-state index contributed by atoms with van der Waals surface area (Å²) in [7, 11) is 1.59. The predicted octanol–water partition coefficient (Wildman–Crippen LogP) is 3.06. The summed E-state index contributed by atoms with van der Waals surface area (Å²) >= 11 is 0. The largest absolute Gasteiger partial charge is 0.494 e. The molecule has 0 bridgehead atoms. The number of fused-ring (bicyclic) bond motifs is 1. The van der Waals surface area contributed by atoms with E-state index in [1.54, 1.807) is 31.3 Å². The summed E-state index contributed by atoms with van der Waals surface area (Å²) in [5.41, 5.74) is 4.83. The standard InChI is InChI=1S/C22H26N4O4/c1-15-13-19-20(14-16(15)2)26(24-23-19)10-4-12-30-18-7-5-17(6-8-18)22(29)25(3)11-9-21(27)28/h5-8,13-14H,4,9-12H2,1-3H3,(H,27,28). The first kappa shape index (κ1) is 21.3. The molecule has 30 heavy (non-hydrogen) atoms. The van der Waals surface area contributed by atoms with Gasteiger partial charge in [0.05, 0.1) is 18.5 Å². The minimum Gasteiger partial charge on any atom is -0.494 e. The van der Waals surface area contributed by atoms with E-state index in [-0.39, 0.29) is 18.9 Å². The predicted molar refractivity (Wildman–Crippen MR) is 113 cm³/mol. The maximum atomic E-state index is 12.3. The lowest BCUT2D eigenvalue weighted by molar-refractivity contribution is -0.137. The van der Waals surface area contributed by atoms with E-state index in [9.17, 15) is 9.59 Å². The van der Waals surface area contributed by atoms with Gasteiger partial charge in [0.25, 0.3) is 5.91 Å². The van der Waals surface area contributed by atoms with Crippen LogP contribution < -0.4 is 4.74 Å². The lowest BCUT2D eigenvalue weighted by atomic mass is 10.1. The van der Waals surface area contributed by atoms with Crippen molar-refractivity contribution in [3.63, 3.8) is 0 Å². The molecule has 1 aromatic heterocycles. The average molecular weight is 410 g/mol. The number of hydrogen-bond acceptors (Lipinski definition) is 5. The van der Waals surface area contributed by atoms with Crippen LogP contribution in [0, 0.1) is 13.8 Å². The van der Waals surface area contributed by atoms with Crippen LogP contribution in [-0.2, 0) is 11.3 Å². The number of ether oxygens (including phenoxy) is 1. The highest BCUT2D eigenvalue weighted by molar-refractivity contribution is 5.94. The summed E-state index contributed by atoms with van der Waals surface area (Å²) in [5.74, 6) is -0.469. The first-order valence-electron chi connectivity index (χ1n) is 9.85. The van der Waals surface area contributed by atoms with Crippen molar-refractivity contribution in [3.05, 3.63) is 53.1 Å². The molecule has 0 spiro atoms. The molecule has 0 radical (unpaired) electrons. The van der Waals surface area contributed by atoms with E-state index in [1.165, 1.54) is 16.0 Å². The Balaban J connectivity index is 1.49. The Kier molecular flexibility index (Phi) is 6.66. The van der Waals surface area contributed by atoms with Gasteiger partial charge in [-0.15, -0.1) is 5.10 Å². The molecule has 3 rings (SSSR count). The average Bonchev–Trinajstić information content (AvgIpc) is 3.11. The molecule has 1 amide bonds. The molecule has 0 unspecified atom stereocenters. The first-order valence-corrected chi connectivity index (χ1v) is 9.85. The summed E-state index contributed by atoms with van der Waals surface area (Å²) in [5, 5.41) is 17.2. The zero-order valence-corrected chi connectivity index (χ0v) is 17.5. The lowest BCUT2D eigenvalue weighted by Crippen LogP contribution is -2.28. The van der Waals surface area contributed by atoms with Crippen LogP contribution in [-0.4, -0.2) is 57.1 Å². The molecule has 8 nitrogen and oxygen atoms in total. The zero-order chi connectivity index (χ0) is 21.7. The number of hydrogen-bond donors (Lipinski definition) is 1. The van der Waals surface area contributed by atoms with Crippen molar-refractivity contribution in [1.82, 2.24) is 19.9 Å². The number of aryl methyl sites for hydroxylation is 3. The van der Waals surface area contributed by atoms with E-state index in [2.05, 4.69) is 30.2 Å². The van der Waals surface area contributed by atoms with Crippen molar-refractivity contribution in [2.24, 2.45) is 0 Å². The van der Waals surface area contributed by atoms with E-state index in [4.69, 9.17) is 9.84 Å². The van der Waals surface area contributed by atoms with Gasteiger partial charge >= 0.3 is 5.97 Å². The lowest BCUT2D eigenvalue weighted by Gasteiger charge is -2.16. The van der Waals surface area contributed by atoms with E-state index in [1.807, 2.05) is 10.7 Å². The van der Waals surface area contributed by atoms with E-state index in [0.29, 0.717) is 24.5 Å². The third-order valence-corrected chi connectivity index (χ3v) is 5.02. The van der Waals surface area contributed by atoms with Crippen molar-refractivity contribution >= 4 is 22.9 Å². The van der Waals surface area contributed by atoms with Crippen molar-refractivity contribution in [2.75, 3.05) is 20.2 Å². The highest BCUT2D eigenvalue weighted by atomic mass is 16.5. The normalized spacial score (nSPS) is 10.9. The highest BCUT2D eigenvalue weighted by Crippen LogP contribution is 2.18. The first-order chi connectivity index (χ1) is 14.3. The Morgan fingerprint density at radius 1 is 1.13 bits per heavy atom. The van der Waals surface area contributed by atoms with Crippen LogP contribution in [0.3, 0.4) is 0 Å². The van der Waals surface area contributed by atoms with Gasteiger partial charge < -0.3 is 14.7 Å². The number of carboxylic acid groups (broad SMARTS) is 1. The Hall–Kier alpha value is -3.42. The van der Waals surface area contributed by atoms with Gasteiger partial charge in [-0.25, -0.2) is 4.68 Å². The molecule has 2 aromatic carbocycles. The maximum Gasteiger partial charge on any atom is 0.305 e. The Labute approximate surface area is 175 Å². The van der Waals surface area contributed by atoms with Gasteiger partial charge in [0, 0.05) is 32.1 Å². The van der Waals surface area contributed by atoms with Crippen LogP contribution in [0.4, 0.5) is 0 Å². The number of carboxylic acids is 1. The molecular weight excluding hydrogens is 384 g/mol. The van der Waals surface area contributed by atoms with Crippen LogP contribution in [0.1, 0.15) is 34.3 Å². The summed E-state index contributed by atoms with van der Waals surface area (Å²) in [6.07, 6.45) is 0.688. The van der Waals surface area contributed by atoms with Crippen LogP contribution >= 0.6 is 0 Å². The van der Waals surface area contributed by atoms with Gasteiger partial charge in [-0.05, 0) is 61.4 Å². The molecule has 1 N–H and O–H groups in total. The third kappa shape index (κ3) is 5.14. The minimum absolute atomic E-state index is 0.0797. The second-order valence-corrected chi connectivity index (χ2v) is 7.33. The minimum atomic E-state index is -0.928. The van der Waals surface area contributed by atoms with E-state index < -0.39 is 5.97 Å². The smallest absolute Gasteiger partial charge is 0.305 e. The van der Waals surface area contributed by atoms with Crippen molar-refractivity contribution in [2.45, 2.75) is 33.2 Å². The molecule has 0 aliphatic rings. The molecule has 3 aromatic rings. The number of carbonyl (C=O) groups excluding carboxylic acids is 1. The van der Waals surface area contributed by atoms with Crippen LogP contribution in [0.2, 0.25) is 0 Å². The number of rotatable bonds is 9. The molecule has 0 saturated carbocycles. The number of carbonyl (C=O) groups is 2. The Bertz CT molecular complexity index is 1040. The number of benzene rings is 2. The zero-order valence-electron chi connectivity index (χ0n) is 17.5. The van der Waals surface area contributed by atoms with E-state index in [0.717, 1.165) is 17.5 Å². The molecule has 0 saturated heterocycles. The van der Waals surface area contributed by atoms with Gasteiger partial charge in [0.2, 0.25) is 0 Å². The summed E-state index contributed by atoms with van der Waals surface area (Å²) in [4.78, 5) is 24.3. The molecule has 0 fully saturated rings. The second kappa shape index (κ2) is 9.39. The van der Waals surface area contributed by atoms with E-state index >= 15 is 0 Å². The fourth-order valence-corrected chi connectivity index (χ4v) is 3.07. The van der Waals surface area contributed by atoms with Crippen LogP contribution in [0.5, 0.6) is 5.75 Å². The summed E-state index contributed by atoms with van der Waals surface area (Å²) in [6, 6.07) is 11.0. The van der Waals surface area contributed by atoms with Crippen molar-refractivity contribution in [1.29, 1.82) is 0 Å². The van der Waals surface area contributed by atoms with Gasteiger partial charge in [0.1, 0.15) is 11.3 Å².